The van der Waals surface area contributed by atoms with Gasteiger partial charge < -0.3 is 5.73 Å². The molecule has 0 radical (unpaired) electrons. The molecule has 240 valence electrons. The Bertz CT molecular complexity index is 2780. The zero-order chi connectivity index (χ0) is 33.7. The number of hydrogen-bond donors (Lipinski definition) is 1. The molecule has 2 aliphatic carbocycles. The molecule has 3 aliphatic rings. The van der Waals surface area contributed by atoms with Gasteiger partial charge in [-0.25, -0.2) is 0 Å². The molecule has 8 aromatic rings. The molecule has 1 aliphatic heterocycles. The van der Waals surface area contributed by atoms with E-state index in [4.69, 9.17) is 5.73 Å². The van der Waals surface area contributed by atoms with Crippen LogP contribution in [0.2, 0.25) is 0 Å². The summed E-state index contributed by atoms with van der Waals surface area (Å²) in [5, 5.41) is 7.96. The van der Waals surface area contributed by atoms with Crippen molar-refractivity contribution in [1.29, 1.82) is 0 Å². The summed E-state index contributed by atoms with van der Waals surface area (Å²) in [6, 6.07) is 56.2. The van der Waals surface area contributed by atoms with E-state index < -0.39 is 5.41 Å². The Labute approximate surface area is 301 Å². The molecule has 2 heteroatoms. The number of anilines is 1. The lowest BCUT2D eigenvalue weighted by Gasteiger charge is -2.45. The first-order valence-corrected chi connectivity index (χ1v) is 18.7. The maximum atomic E-state index is 6.87. The molecule has 2 unspecified atom stereocenters. The summed E-state index contributed by atoms with van der Waals surface area (Å²) < 4.78 is 0. The van der Waals surface area contributed by atoms with Crippen molar-refractivity contribution in [3.05, 3.63) is 192 Å². The molecule has 0 amide bonds. The fourth-order valence-electron chi connectivity index (χ4n) is 9.65. The topological polar surface area (TPSA) is 26.0 Å². The number of hydrogen-bond acceptors (Lipinski definition) is 2. The second-order valence-electron chi connectivity index (χ2n) is 14.0. The van der Waals surface area contributed by atoms with Crippen LogP contribution in [0.3, 0.4) is 0 Å². The Balaban J connectivity index is 1.27. The smallest absolute Gasteiger partial charge is 0.0699 e. The Kier molecular flexibility index (Phi) is 6.15. The van der Waals surface area contributed by atoms with Gasteiger partial charge in [-0.15, -0.1) is 11.8 Å². The Morgan fingerprint density at radius 3 is 1.82 bits per heavy atom. The average molecular weight is 668 g/mol. The molecule has 2 N–H and O–H groups in total. The molecule has 8 aromatic carbocycles. The Hall–Kier alpha value is -5.83. The molecule has 2 atom stereocenters. The van der Waals surface area contributed by atoms with Crippen molar-refractivity contribution >= 4 is 49.8 Å². The first kappa shape index (κ1) is 29.0. The van der Waals surface area contributed by atoms with Gasteiger partial charge in [-0.05, 0) is 94.9 Å². The van der Waals surface area contributed by atoms with E-state index in [1.54, 1.807) is 0 Å². The lowest BCUT2D eigenvalue weighted by atomic mass is 9.64. The second-order valence-corrected chi connectivity index (χ2v) is 15.2. The van der Waals surface area contributed by atoms with Gasteiger partial charge in [0.25, 0.3) is 0 Å². The van der Waals surface area contributed by atoms with E-state index in [9.17, 15) is 0 Å². The zero-order valence-corrected chi connectivity index (χ0v) is 28.8. The average Bonchev–Trinajstić information content (AvgIpc) is 3.48. The predicted octanol–water partition coefficient (Wildman–Crippen LogP) is 12.7. The highest BCUT2D eigenvalue weighted by Gasteiger charge is 2.53. The molecule has 1 spiro atoms. The second kappa shape index (κ2) is 10.8. The minimum Gasteiger partial charge on any atom is -0.398 e. The SMILES string of the molecule is Nc1cccc2c1-c1ccccc1C21C2=CC=CCC2Sc2c(-c3c4ccccc4c(-c4cccc5ccccc45)c4ccccc34)cccc21. The summed E-state index contributed by atoms with van der Waals surface area (Å²) >= 11 is 2.05. The molecular weight excluding hydrogens is 635 g/mol. The van der Waals surface area contributed by atoms with Crippen molar-refractivity contribution in [2.75, 3.05) is 5.73 Å². The fraction of sp³-hybridized carbons (Fsp3) is 0.0612. The van der Waals surface area contributed by atoms with Crippen molar-refractivity contribution in [1.82, 2.24) is 0 Å². The van der Waals surface area contributed by atoms with E-state index in [1.807, 2.05) is 11.8 Å². The summed E-state index contributed by atoms with van der Waals surface area (Å²) in [6.45, 7) is 0. The summed E-state index contributed by atoms with van der Waals surface area (Å²) in [4.78, 5) is 1.37. The first-order chi connectivity index (χ1) is 25.2. The first-order valence-electron chi connectivity index (χ1n) is 17.8. The maximum absolute atomic E-state index is 6.87. The molecule has 1 heterocycles. The summed E-state index contributed by atoms with van der Waals surface area (Å²) in [6.07, 6.45) is 8.00. The van der Waals surface area contributed by atoms with Crippen LogP contribution in [0.4, 0.5) is 5.69 Å². The fourth-order valence-corrected chi connectivity index (χ4v) is 11.2. The van der Waals surface area contributed by atoms with Gasteiger partial charge >= 0.3 is 0 Å². The highest BCUT2D eigenvalue weighted by molar-refractivity contribution is 8.00. The third-order valence-electron chi connectivity index (χ3n) is 11.6. The van der Waals surface area contributed by atoms with E-state index in [-0.39, 0.29) is 0 Å². The van der Waals surface area contributed by atoms with Gasteiger partial charge in [0.15, 0.2) is 0 Å². The Morgan fingerprint density at radius 1 is 0.490 bits per heavy atom. The van der Waals surface area contributed by atoms with Crippen molar-refractivity contribution in [2.45, 2.75) is 22.0 Å². The highest BCUT2D eigenvalue weighted by Crippen LogP contribution is 2.65. The molecule has 0 saturated heterocycles. The summed E-state index contributed by atoms with van der Waals surface area (Å²) in [5.74, 6) is 0. The van der Waals surface area contributed by atoms with Crippen molar-refractivity contribution < 1.29 is 0 Å². The lowest BCUT2D eigenvalue weighted by Crippen LogP contribution is -2.38. The van der Waals surface area contributed by atoms with Gasteiger partial charge in [-0.3, -0.25) is 0 Å². The number of nitrogens with two attached hydrogens (primary N) is 1. The Morgan fingerprint density at radius 2 is 1.04 bits per heavy atom. The van der Waals surface area contributed by atoms with E-state index in [0.29, 0.717) is 5.25 Å². The number of thioether (sulfide) groups is 1. The van der Waals surface area contributed by atoms with E-state index in [0.717, 1.165) is 12.1 Å². The van der Waals surface area contributed by atoms with Gasteiger partial charge in [0.2, 0.25) is 0 Å². The number of fused-ring (bicyclic) bond motifs is 12. The monoisotopic (exact) mass is 667 g/mol. The molecule has 0 bridgehead atoms. The predicted molar refractivity (Wildman–Crippen MR) is 217 cm³/mol. The van der Waals surface area contributed by atoms with Crippen molar-refractivity contribution in [2.24, 2.45) is 0 Å². The minimum atomic E-state index is -0.429. The number of nitrogen functional groups attached to an aromatic ring is 1. The van der Waals surface area contributed by atoms with Crippen LogP contribution >= 0.6 is 11.8 Å². The van der Waals surface area contributed by atoms with Gasteiger partial charge in [-0.1, -0.05) is 164 Å². The number of allylic oxidation sites excluding steroid dienone is 3. The van der Waals surface area contributed by atoms with Crippen LogP contribution < -0.4 is 5.73 Å². The van der Waals surface area contributed by atoms with Crippen molar-refractivity contribution in [3.8, 4) is 33.4 Å². The quantitative estimate of drug-likeness (QED) is 0.147. The van der Waals surface area contributed by atoms with Gasteiger partial charge in [-0.2, -0.15) is 0 Å². The highest BCUT2D eigenvalue weighted by atomic mass is 32.2. The summed E-state index contributed by atoms with van der Waals surface area (Å²) in [7, 11) is 0. The van der Waals surface area contributed by atoms with Crippen LogP contribution in [0.15, 0.2) is 180 Å². The van der Waals surface area contributed by atoms with Crippen molar-refractivity contribution in [3.63, 3.8) is 0 Å². The lowest BCUT2D eigenvalue weighted by molar-refractivity contribution is 0.674. The van der Waals surface area contributed by atoms with Gasteiger partial charge in [0.1, 0.15) is 0 Å². The number of benzene rings is 8. The molecule has 0 saturated carbocycles. The van der Waals surface area contributed by atoms with Crippen LogP contribution in [0, 0.1) is 0 Å². The maximum Gasteiger partial charge on any atom is 0.0699 e. The van der Waals surface area contributed by atoms with Crippen LogP contribution in [-0.2, 0) is 5.41 Å². The van der Waals surface area contributed by atoms with E-state index in [1.165, 1.54) is 92.9 Å². The van der Waals surface area contributed by atoms with Gasteiger partial charge in [0, 0.05) is 21.4 Å². The summed E-state index contributed by atoms with van der Waals surface area (Å²) in [5.41, 5.74) is 20.3. The van der Waals surface area contributed by atoms with Gasteiger partial charge in [0.05, 0.1) is 5.41 Å². The molecule has 11 rings (SSSR count). The third-order valence-corrected chi connectivity index (χ3v) is 13.0. The minimum absolute atomic E-state index is 0.302. The molecule has 51 heavy (non-hydrogen) atoms. The third kappa shape index (κ3) is 3.83. The number of rotatable bonds is 2. The van der Waals surface area contributed by atoms with E-state index in [2.05, 4.69) is 170 Å². The molecule has 1 nitrogen and oxygen atoms in total. The largest absolute Gasteiger partial charge is 0.398 e. The van der Waals surface area contributed by atoms with Crippen LogP contribution in [-0.4, -0.2) is 5.25 Å². The standard InChI is InChI=1S/C49H33NS/c50-43-28-13-26-41-47(43)37-21-7-8-24-39(37)49(41)40-25-9-10-29-44(40)51-48-38(23-12-27-42(48)49)46-35-19-5-3-17-33(35)45(34-18-4-6-20-36(34)46)32-22-11-15-30-14-1-2-16-31(30)32/h1-28,44H,29,50H2. The van der Waals surface area contributed by atoms with Crippen LogP contribution in [0.1, 0.15) is 23.1 Å². The molecule has 0 aromatic heterocycles. The normalized spacial score (nSPS) is 18.4. The molecular formula is C49H33NS. The zero-order valence-electron chi connectivity index (χ0n) is 27.9. The van der Waals surface area contributed by atoms with E-state index >= 15 is 0 Å². The van der Waals surface area contributed by atoms with Crippen LogP contribution in [0.5, 0.6) is 0 Å². The molecule has 0 fully saturated rings. The van der Waals surface area contributed by atoms with Crippen LogP contribution in [0.25, 0.3) is 65.7 Å².